The summed E-state index contributed by atoms with van der Waals surface area (Å²) < 4.78 is 0. The normalized spacial score (nSPS) is 32.3. The van der Waals surface area contributed by atoms with E-state index in [-0.39, 0.29) is 24.8 Å². The van der Waals surface area contributed by atoms with Gasteiger partial charge in [-0.3, -0.25) is 4.90 Å². The van der Waals surface area contributed by atoms with Crippen molar-refractivity contribution in [2.24, 2.45) is 11.1 Å². The summed E-state index contributed by atoms with van der Waals surface area (Å²) in [5, 5.41) is 4.06. The number of piperidine rings is 3. The van der Waals surface area contributed by atoms with E-state index < -0.39 is 0 Å². The Morgan fingerprint density at radius 2 is 1.80 bits per heavy atom. The van der Waals surface area contributed by atoms with Gasteiger partial charge in [0.05, 0.1) is 5.71 Å². The van der Waals surface area contributed by atoms with Gasteiger partial charge in [0.25, 0.3) is 0 Å². The Balaban J connectivity index is 0.000000980. The van der Waals surface area contributed by atoms with Crippen molar-refractivity contribution in [2.45, 2.75) is 32.8 Å². The average molecular weight is 255 g/mol. The van der Waals surface area contributed by atoms with Gasteiger partial charge in [0.1, 0.15) is 6.10 Å². The number of hydrogen-bond donors (Lipinski definition) is 0. The SMILES string of the molecule is CC(C)=NO[C@@H]1CN2CCC1CC2.Cl.Cl. The summed E-state index contributed by atoms with van der Waals surface area (Å²) in [6.07, 6.45) is 2.95. The number of fused-ring (bicyclic) bond motifs is 3. The lowest BCUT2D eigenvalue weighted by Gasteiger charge is -2.43. The van der Waals surface area contributed by atoms with E-state index >= 15 is 0 Å². The lowest BCUT2D eigenvalue weighted by atomic mass is 9.86. The molecule has 2 bridgehead atoms. The topological polar surface area (TPSA) is 24.8 Å². The Bertz CT molecular complexity index is 211. The van der Waals surface area contributed by atoms with Crippen molar-refractivity contribution >= 4 is 30.5 Å². The van der Waals surface area contributed by atoms with Crippen LogP contribution in [0.1, 0.15) is 26.7 Å². The molecule has 5 heteroatoms. The molecule has 0 aromatic heterocycles. The number of halogens is 2. The summed E-state index contributed by atoms with van der Waals surface area (Å²) in [7, 11) is 0. The van der Waals surface area contributed by atoms with E-state index in [1.54, 1.807) is 0 Å². The molecule has 3 rings (SSSR count). The van der Waals surface area contributed by atoms with Gasteiger partial charge in [-0.25, -0.2) is 0 Å². The van der Waals surface area contributed by atoms with Crippen molar-refractivity contribution < 1.29 is 4.84 Å². The summed E-state index contributed by atoms with van der Waals surface area (Å²) in [6, 6.07) is 0. The van der Waals surface area contributed by atoms with Gasteiger partial charge in [-0.05, 0) is 39.8 Å². The Morgan fingerprint density at radius 1 is 1.20 bits per heavy atom. The van der Waals surface area contributed by atoms with E-state index in [2.05, 4.69) is 10.1 Å². The molecule has 0 unspecified atom stereocenters. The molecule has 3 fully saturated rings. The Kier molecular flexibility index (Phi) is 6.57. The third-order valence-corrected chi connectivity index (χ3v) is 2.97. The number of rotatable bonds is 2. The van der Waals surface area contributed by atoms with Gasteiger partial charge in [0, 0.05) is 12.5 Å². The molecule has 3 aliphatic rings. The highest BCUT2D eigenvalue weighted by Crippen LogP contribution is 2.29. The highest BCUT2D eigenvalue weighted by atomic mass is 35.5. The molecule has 3 saturated heterocycles. The minimum atomic E-state index is 0. The zero-order valence-electron chi connectivity index (χ0n) is 9.31. The van der Waals surface area contributed by atoms with E-state index in [4.69, 9.17) is 4.84 Å². The number of hydrogen-bond acceptors (Lipinski definition) is 3. The van der Waals surface area contributed by atoms with E-state index in [0.29, 0.717) is 6.10 Å². The van der Waals surface area contributed by atoms with Crippen LogP contribution < -0.4 is 0 Å². The maximum absolute atomic E-state index is 5.52. The first kappa shape index (κ1) is 15.0. The fraction of sp³-hybridized carbons (Fsp3) is 0.900. The van der Waals surface area contributed by atoms with Crippen LogP contribution in [0.3, 0.4) is 0 Å². The van der Waals surface area contributed by atoms with Gasteiger partial charge in [-0.15, -0.1) is 24.8 Å². The van der Waals surface area contributed by atoms with Crippen LogP contribution in [-0.4, -0.2) is 36.3 Å². The molecule has 0 aromatic rings. The summed E-state index contributed by atoms with van der Waals surface area (Å²) in [5.41, 5.74) is 1.01. The van der Waals surface area contributed by atoms with E-state index in [1.807, 2.05) is 13.8 Å². The van der Waals surface area contributed by atoms with Gasteiger partial charge in [0.2, 0.25) is 0 Å². The molecule has 3 heterocycles. The van der Waals surface area contributed by atoms with Gasteiger partial charge in [-0.2, -0.15) is 0 Å². The quantitative estimate of drug-likeness (QED) is 0.559. The zero-order chi connectivity index (χ0) is 9.26. The van der Waals surface area contributed by atoms with Gasteiger partial charge >= 0.3 is 0 Å². The molecule has 0 spiro atoms. The average Bonchev–Trinajstić information content (AvgIpc) is 2.17. The summed E-state index contributed by atoms with van der Waals surface area (Å²) in [5.74, 6) is 0.757. The molecule has 1 atom stereocenters. The molecule has 90 valence electrons. The lowest BCUT2D eigenvalue weighted by molar-refractivity contribution is -0.0681. The second kappa shape index (κ2) is 6.56. The largest absolute Gasteiger partial charge is 0.391 e. The maximum Gasteiger partial charge on any atom is 0.143 e. The van der Waals surface area contributed by atoms with Crippen LogP contribution in [0.5, 0.6) is 0 Å². The van der Waals surface area contributed by atoms with Crippen molar-refractivity contribution in [1.29, 1.82) is 0 Å². The molecular weight excluding hydrogens is 235 g/mol. The predicted octanol–water partition coefficient (Wildman–Crippen LogP) is 2.34. The first-order chi connectivity index (χ1) is 6.25. The Morgan fingerprint density at radius 3 is 2.20 bits per heavy atom. The molecule has 15 heavy (non-hydrogen) atoms. The third-order valence-electron chi connectivity index (χ3n) is 2.97. The van der Waals surface area contributed by atoms with Crippen LogP contribution in [0.25, 0.3) is 0 Å². The van der Waals surface area contributed by atoms with E-state index in [1.165, 1.54) is 25.9 Å². The molecule has 0 radical (unpaired) electrons. The fourth-order valence-corrected chi connectivity index (χ4v) is 2.20. The van der Waals surface area contributed by atoms with Crippen LogP contribution in [-0.2, 0) is 4.84 Å². The first-order valence-corrected chi connectivity index (χ1v) is 5.15. The number of nitrogens with zero attached hydrogens (tertiary/aromatic N) is 2. The standard InChI is InChI=1S/C10H18N2O.2ClH/c1-8(2)11-13-10-7-12-5-3-9(10)4-6-12;;/h9-10H,3-7H2,1-2H3;2*1H/t10-;;/m1../s1. The Labute approximate surface area is 104 Å². The second-order valence-electron chi connectivity index (χ2n) is 4.32. The zero-order valence-corrected chi connectivity index (χ0v) is 10.9. The smallest absolute Gasteiger partial charge is 0.143 e. The summed E-state index contributed by atoms with van der Waals surface area (Å²) in [4.78, 5) is 8.00. The molecule has 3 aliphatic heterocycles. The molecule has 0 N–H and O–H groups in total. The van der Waals surface area contributed by atoms with Crippen molar-refractivity contribution in [3.8, 4) is 0 Å². The lowest BCUT2D eigenvalue weighted by Crippen LogP contribution is -2.50. The highest BCUT2D eigenvalue weighted by Gasteiger charge is 2.35. The summed E-state index contributed by atoms with van der Waals surface area (Å²) >= 11 is 0. The monoisotopic (exact) mass is 254 g/mol. The van der Waals surface area contributed by atoms with E-state index in [0.717, 1.165) is 18.2 Å². The number of oxime groups is 1. The van der Waals surface area contributed by atoms with E-state index in [9.17, 15) is 0 Å². The van der Waals surface area contributed by atoms with Crippen molar-refractivity contribution in [1.82, 2.24) is 4.90 Å². The van der Waals surface area contributed by atoms with Crippen molar-refractivity contribution in [2.75, 3.05) is 19.6 Å². The molecule has 0 saturated carbocycles. The first-order valence-electron chi connectivity index (χ1n) is 5.15. The third kappa shape index (κ3) is 3.82. The fourth-order valence-electron chi connectivity index (χ4n) is 2.20. The van der Waals surface area contributed by atoms with Crippen LogP contribution >= 0.6 is 24.8 Å². The molecule has 0 aliphatic carbocycles. The molecule has 3 nitrogen and oxygen atoms in total. The highest BCUT2D eigenvalue weighted by molar-refractivity contribution is 5.85. The van der Waals surface area contributed by atoms with Gasteiger partial charge in [0.15, 0.2) is 0 Å². The minimum Gasteiger partial charge on any atom is -0.391 e. The molecule has 0 amide bonds. The summed E-state index contributed by atoms with van der Waals surface area (Å²) in [6.45, 7) is 7.56. The van der Waals surface area contributed by atoms with Crippen LogP contribution in [0, 0.1) is 5.92 Å². The second-order valence-corrected chi connectivity index (χ2v) is 4.32. The Hall–Kier alpha value is 0.01000. The predicted molar refractivity (Wildman–Crippen MR) is 67.3 cm³/mol. The van der Waals surface area contributed by atoms with Crippen molar-refractivity contribution in [3.05, 3.63) is 0 Å². The molecule has 0 aromatic carbocycles. The van der Waals surface area contributed by atoms with Crippen molar-refractivity contribution in [3.63, 3.8) is 0 Å². The molecular formula is C10H20Cl2N2O. The van der Waals surface area contributed by atoms with Gasteiger partial charge < -0.3 is 4.84 Å². The van der Waals surface area contributed by atoms with Gasteiger partial charge in [-0.1, -0.05) is 5.16 Å². The van der Waals surface area contributed by atoms with Crippen LogP contribution in [0.15, 0.2) is 5.16 Å². The van der Waals surface area contributed by atoms with Crippen LogP contribution in [0.4, 0.5) is 0 Å². The van der Waals surface area contributed by atoms with Crippen LogP contribution in [0.2, 0.25) is 0 Å². The minimum absolute atomic E-state index is 0. The maximum atomic E-state index is 5.52.